The van der Waals surface area contributed by atoms with Crippen molar-refractivity contribution in [1.82, 2.24) is 20.4 Å². The Balaban J connectivity index is 1.70. The summed E-state index contributed by atoms with van der Waals surface area (Å²) in [6.07, 6.45) is 1.95. The van der Waals surface area contributed by atoms with Gasteiger partial charge in [0.05, 0.1) is 5.52 Å². The van der Waals surface area contributed by atoms with Crippen molar-refractivity contribution >= 4 is 78.1 Å². The van der Waals surface area contributed by atoms with E-state index >= 15 is 0 Å². The zero-order chi connectivity index (χ0) is 23.6. The summed E-state index contributed by atoms with van der Waals surface area (Å²) < 4.78 is 0. The fraction of sp³-hybridized carbons (Fsp3) is 0. The third-order valence-electron chi connectivity index (χ3n) is 6.51. The SMILES string of the molecule is c1csc(-c2c(-c3cccs3)c3nnnc4c(-c5cccs5)c(-c5cccs5)c5nccc2c5c34)c1. The van der Waals surface area contributed by atoms with Crippen molar-refractivity contribution in [2.75, 3.05) is 0 Å². The molecule has 4 nitrogen and oxygen atoms in total. The number of thiophene rings is 4. The maximum atomic E-state index is 5.02. The van der Waals surface area contributed by atoms with E-state index in [-0.39, 0.29) is 0 Å². The molecule has 0 saturated heterocycles. The normalized spacial score (nSPS) is 11.9. The Morgan fingerprint density at radius 2 is 0.944 bits per heavy atom. The van der Waals surface area contributed by atoms with Gasteiger partial charge in [-0.3, -0.25) is 4.98 Å². The first kappa shape index (κ1) is 20.6. The van der Waals surface area contributed by atoms with Gasteiger partial charge in [0.2, 0.25) is 0 Å². The number of aromatic nitrogens is 4. The highest BCUT2D eigenvalue weighted by Gasteiger charge is 2.28. The van der Waals surface area contributed by atoms with Gasteiger partial charge in [-0.2, -0.15) is 0 Å². The molecule has 0 N–H and O–H groups in total. The lowest BCUT2D eigenvalue weighted by molar-refractivity contribution is 0.919. The van der Waals surface area contributed by atoms with Gasteiger partial charge in [-0.1, -0.05) is 24.3 Å². The molecule has 2 aromatic carbocycles. The summed E-state index contributed by atoms with van der Waals surface area (Å²) in [5, 5.41) is 25.6. The van der Waals surface area contributed by atoms with Crippen molar-refractivity contribution in [2.24, 2.45) is 0 Å². The summed E-state index contributed by atoms with van der Waals surface area (Å²) in [5.41, 5.74) is 7.26. The quantitative estimate of drug-likeness (QED) is 0.211. The molecule has 0 atom stereocenters. The monoisotopic (exact) mass is 534 g/mol. The third-order valence-corrected chi connectivity index (χ3v) is 10.1. The van der Waals surface area contributed by atoms with Crippen LogP contribution in [0.2, 0.25) is 0 Å². The number of nitrogens with zero attached hydrogens (tertiary/aromatic N) is 4. The standard InChI is InChI=1S/C28H14N4S4/c1-5-16(33-11-1)20-15-9-10-29-26-21(15)25-27(22(20)17-6-2-12-34-17)30-32-31-28(25)24(19-8-4-14-36-19)23(26)18-7-3-13-35-18/h1-14H. The van der Waals surface area contributed by atoms with Crippen LogP contribution in [0.1, 0.15) is 0 Å². The second-order valence-corrected chi connectivity index (χ2v) is 12.1. The van der Waals surface area contributed by atoms with Crippen LogP contribution in [-0.4, -0.2) is 20.4 Å². The van der Waals surface area contributed by atoms with E-state index < -0.39 is 0 Å². The Morgan fingerprint density at radius 1 is 0.472 bits per heavy atom. The molecule has 0 fully saturated rings. The molecule has 6 heterocycles. The lowest BCUT2D eigenvalue weighted by Crippen LogP contribution is -2.01. The molecular formula is C28H14N4S4. The van der Waals surface area contributed by atoms with Crippen LogP contribution in [0.3, 0.4) is 0 Å². The molecule has 8 aromatic rings. The van der Waals surface area contributed by atoms with Gasteiger partial charge in [-0.05, 0) is 62.5 Å². The highest BCUT2D eigenvalue weighted by atomic mass is 32.1. The van der Waals surface area contributed by atoms with Crippen LogP contribution in [0.5, 0.6) is 0 Å². The average Bonchev–Trinajstić information content (AvgIpc) is 3.74. The summed E-state index contributed by atoms with van der Waals surface area (Å²) in [5.74, 6) is 0. The summed E-state index contributed by atoms with van der Waals surface area (Å²) in [4.78, 5) is 9.74. The molecule has 0 spiro atoms. The lowest BCUT2D eigenvalue weighted by Gasteiger charge is -2.20. The van der Waals surface area contributed by atoms with E-state index in [4.69, 9.17) is 15.2 Å². The van der Waals surface area contributed by atoms with Crippen LogP contribution in [-0.2, 0) is 0 Å². The van der Waals surface area contributed by atoms with Crippen molar-refractivity contribution in [3.63, 3.8) is 0 Å². The molecule has 0 aliphatic carbocycles. The molecule has 0 saturated carbocycles. The van der Waals surface area contributed by atoms with Crippen LogP contribution < -0.4 is 0 Å². The van der Waals surface area contributed by atoms with E-state index in [0.717, 1.165) is 48.9 Å². The highest BCUT2D eigenvalue weighted by Crippen LogP contribution is 2.53. The van der Waals surface area contributed by atoms with E-state index in [2.05, 4.69) is 81.3 Å². The van der Waals surface area contributed by atoms with Crippen molar-refractivity contribution in [3.05, 3.63) is 82.3 Å². The molecule has 0 aliphatic rings. The minimum atomic E-state index is 0.881. The van der Waals surface area contributed by atoms with Crippen molar-refractivity contribution in [2.45, 2.75) is 0 Å². The summed E-state index contributed by atoms with van der Waals surface area (Å²) in [6, 6.07) is 19.2. The van der Waals surface area contributed by atoms with Crippen LogP contribution >= 0.6 is 45.3 Å². The van der Waals surface area contributed by atoms with Gasteiger partial charge in [0.25, 0.3) is 0 Å². The molecule has 0 unspecified atom stereocenters. The number of hydrogen-bond donors (Lipinski definition) is 0. The third kappa shape index (κ3) is 2.84. The molecule has 36 heavy (non-hydrogen) atoms. The Kier molecular flexibility index (Phi) is 4.57. The molecule has 0 amide bonds. The molecular weight excluding hydrogens is 521 g/mol. The van der Waals surface area contributed by atoms with Gasteiger partial charge >= 0.3 is 0 Å². The van der Waals surface area contributed by atoms with E-state index in [9.17, 15) is 0 Å². The van der Waals surface area contributed by atoms with Gasteiger partial charge in [0.15, 0.2) is 0 Å². The molecule has 8 heteroatoms. The van der Waals surface area contributed by atoms with Gasteiger partial charge < -0.3 is 0 Å². The van der Waals surface area contributed by atoms with E-state index in [0.29, 0.717) is 0 Å². The second-order valence-electron chi connectivity index (χ2n) is 8.35. The van der Waals surface area contributed by atoms with Crippen LogP contribution in [0.15, 0.2) is 82.3 Å². The van der Waals surface area contributed by atoms with Gasteiger partial charge in [-0.15, -0.1) is 55.5 Å². The Bertz CT molecular complexity index is 1690. The van der Waals surface area contributed by atoms with E-state index in [1.807, 2.05) is 6.20 Å². The molecule has 170 valence electrons. The van der Waals surface area contributed by atoms with Gasteiger partial charge in [-0.25, -0.2) is 0 Å². The molecule has 6 aromatic heterocycles. The molecule has 0 aliphatic heterocycles. The first-order valence-electron chi connectivity index (χ1n) is 11.3. The Hall–Kier alpha value is -3.56. The van der Waals surface area contributed by atoms with Crippen molar-refractivity contribution in [1.29, 1.82) is 0 Å². The van der Waals surface area contributed by atoms with E-state index in [1.165, 1.54) is 25.6 Å². The van der Waals surface area contributed by atoms with Crippen LogP contribution in [0, 0.1) is 0 Å². The number of hydrogen-bond acceptors (Lipinski definition) is 8. The number of benzene rings is 2. The highest BCUT2D eigenvalue weighted by molar-refractivity contribution is 7.15. The fourth-order valence-electron chi connectivity index (χ4n) is 5.17. The summed E-state index contributed by atoms with van der Waals surface area (Å²) in [6.45, 7) is 0. The number of pyridine rings is 1. The molecule has 0 radical (unpaired) electrons. The van der Waals surface area contributed by atoms with Gasteiger partial charge in [0.1, 0.15) is 11.0 Å². The Morgan fingerprint density at radius 3 is 1.44 bits per heavy atom. The second kappa shape index (κ2) is 7.97. The smallest absolute Gasteiger partial charge is 0.107 e. The molecule has 8 rings (SSSR count). The average molecular weight is 535 g/mol. The maximum absolute atomic E-state index is 5.02. The van der Waals surface area contributed by atoms with E-state index in [1.54, 1.807) is 45.3 Å². The van der Waals surface area contributed by atoms with Crippen molar-refractivity contribution in [3.8, 4) is 41.8 Å². The van der Waals surface area contributed by atoms with Crippen LogP contribution in [0.25, 0.3) is 74.5 Å². The number of rotatable bonds is 4. The Labute approximate surface area is 221 Å². The predicted molar refractivity (Wildman–Crippen MR) is 155 cm³/mol. The minimum Gasteiger partial charge on any atom is -0.255 e. The summed E-state index contributed by atoms with van der Waals surface area (Å²) in [7, 11) is 0. The predicted octanol–water partition coefficient (Wildman–Crippen LogP) is 9.08. The fourth-order valence-corrected chi connectivity index (χ4v) is 8.30. The maximum Gasteiger partial charge on any atom is 0.107 e. The lowest BCUT2D eigenvalue weighted by atomic mass is 9.87. The zero-order valence-electron chi connectivity index (χ0n) is 18.5. The largest absolute Gasteiger partial charge is 0.255 e. The minimum absolute atomic E-state index is 0.881. The first-order valence-corrected chi connectivity index (χ1v) is 14.8. The molecule has 0 bridgehead atoms. The zero-order valence-corrected chi connectivity index (χ0v) is 21.8. The first-order chi connectivity index (χ1) is 17.9. The van der Waals surface area contributed by atoms with Gasteiger partial charge in [0, 0.05) is 58.7 Å². The topological polar surface area (TPSA) is 51.6 Å². The van der Waals surface area contributed by atoms with Crippen molar-refractivity contribution < 1.29 is 0 Å². The van der Waals surface area contributed by atoms with Crippen LogP contribution in [0.4, 0.5) is 0 Å². The summed E-state index contributed by atoms with van der Waals surface area (Å²) >= 11 is 6.92.